The number of amides is 1. The van der Waals surface area contributed by atoms with E-state index in [1.54, 1.807) is 29.2 Å². The summed E-state index contributed by atoms with van der Waals surface area (Å²) in [5, 5.41) is 16.0. The molecule has 8 nitrogen and oxygen atoms in total. The topological polar surface area (TPSA) is 89.1 Å². The number of fused-ring (bicyclic) bond motifs is 2. The van der Waals surface area contributed by atoms with Gasteiger partial charge in [0.2, 0.25) is 0 Å². The smallest absolute Gasteiger partial charge is 0.257 e. The Morgan fingerprint density at radius 1 is 1.26 bits per heavy atom. The first kappa shape index (κ1) is 18.7. The zero-order chi connectivity index (χ0) is 21.0. The first-order chi connectivity index (χ1) is 15.1. The van der Waals surface area contributed by atoms with Crippen LogP contribution < -0.4 is 10.6 Å². The molecule has 3 aromatic rings. The van der Waals surface area contributed by atoms with Crippen LogP contribution in [0.2, 0.25) is 0 Å². The molecule has 1 unspecified atom stereocenters. The lowest BCUT2D eigenvalue weighted by Gasteiger charge is -2.36. The predicted octanol–water partition coefficient (Wildman–Crippen LogP) is 2.39. The Kier molecular flexibility index (Phi) is 4.24. The van der Waals surface area contributed by atoms with Crippen LogP contribution in [0.4, 0.5) is 0 Å². The van der Waals surface area contributed by atoms with E-state index in [4.69, 9.17) is 5.10 Å². The molecule has 160 valence electrons. The predicted molar refractivity (Wildman–Crippen MR) is 117 cm³/mol. The van der Waals surface area contributed by atoms with Gasteiger partial charge in [0.1, 0.15) is 5.56 Å². The van der Waals surface area contributed by atoms with E-state index in [0.29, 0.717) is 23.2 Å². The monoisotopic (exact) mass is 417 g/mol. The molecule has 2 fully saturated rings. The minimum absolute atomic E-state index is 0.128. The van der Waals surface area contributed by atoms with Crippen LogP contribution in [0.5, 0.6) is 0 Å². The lowest BCUT2D eigenvalue weighted by molar-refractivity contribution is 0.0918. The van der Waals surface area contributed by atoms with Crippen molar-refractivity contribution >= 4 is 17.6 Å². The van der Waals surface area contributed by atoms with Gasteiger partial charge in [-0.05, 0) is 69.3 Å². The van der Waals surface area contributed by atoms with E-state index in [1.165, 1.54) is 24.0 Å². The lowest BCUT2D eigenvalue weighted by Crippen LogP contribution is -2.50. The third-order valence-corrected chi connectivity index (χ3v) is 6.93. The average Bonchev–Trinajstić information content (AvgIpc) is 3.39. The molecule has 0 bridgehead atoms. The van der Waals surface area contributed by atoms with Gasteiger partial charge >= 0.3 is 0 Å². The standard InChI is InChI=1S/C23H27N7O/c1-23(27-22(31)18-13-26-29-10-2-7-25-21(18)29)12-16-14-30(17-5-8-24-9-6-17)28-20(16)11-19(23)15-3-4-15/h2,7,10-11,13-15,17,24H,3-6,8-9,12H2,1H3,(H,27,31). The number of rotatable bonds is 4. The maximum Gasteiger partial charge on any atom is 0.257 e. The van der Waals surface area contributed by atoms with E-state index in [2.05, 4.69) is 44.6 Å². The zero-order valence-electron chi connectivity index (χ0n) is 17.7. The minimum atomic E-state index is -0.434. The number of aromatic nitrogens is 5. The molecule has 0 spiro atoms. The van der Waals surface area contributed by atoms with E-state index in [9.17, 15) is 4.79 Å². The number of hydrogen-bond acceptors (Lipinski definition) is 5. The number of carbonyl (C=O) groups is 1. The Balaban J connectivity index is 1.31. The molecule has 1 aliphatic heterocycles. The van der Waals surface area contributed by atoms with Crippen molar-refractivity contribution in [2.75, 3.05) is 13.1 Å². The van der Waals surface area contributed by atoms with Crippen LogP contribution >= 0.6 is 0 Å². The van der Waals surface area contributed by atoms with Crippen molar-refractivity contribution in [2.45, 2.75) is 50.6 Å². The molecule has 2 N–H and O–H groups in total. The Hall–Kier alpha value is -3.00. The molecule has 8 heteroatoms. The van der Waals surface area contributed by atoms with E-state index in [0.717, 1.165) is 38.0 Å². The minimum Gasteiger partial charge on any atom is -0.343 e. The Labute approximate surface area is 180 Å². The van der Waals surface area contributed by atoms with Crippen molar-refractivity contribution in [3.8, 4) is 0 Å². The van der Waals surface area contributed by atoms with Crippen molar-refractivity contribution in [1.82, 2.24) is 35.0 Å². The number of carbonyl (C=O) groups excluding carboxylic acids is 1. The Bertz CT molecular complexity index is 1180. The van der Waals surface area contributed by atoms with E-state index in [-0.39, 0.29) is 5.91 Å². The lowest BCUT2D eigenvalue weighted by atomic mass is 9.78. The highest BCUT2D eigenvalue weighted by Gasteiger charge is 2.43. The normalized spacial score (nSPS) is 24.1. The molecule has 1 amide bonds. The van der Waals surface area contributed by atoms with E-state index >= 15 is 0 Å². The van der Waals surface area contributed by atoms with Crippen molar-refractivity contribution in [1.29, 1.82) is 0 Å². The fourth-order valence-corrected chi connectivity index (χ4v) is 5.13. The van der Waals surface area contributed by atoms with E-state index < -0.39 is 5.54 Å². The van der Waals surface area contributed by atoms with Crippen molar-refractivity contribution in [2.24, 2.45) is 5.92 Å². The quantitative estimate of drug-likeness (QED) is 0.680. The number of nitrogens with one attached hydrogen (secondary N) is 2. The van der Waals surface area contributed by atoms with Crippen molar-refractivity contribution in [3.63, 3.8) is 0 Å². The molecular formula is C23H27N7O. The maximum absolute atomic E-state index is 13.3. The van der Waals surface area contributed by atoms with Crippen LogP contribution in [0.25, 0.3) is 11.7 Å². The molecule has 6 rings (SSSR count). The zero-order valence-corrected chi connectivity index (χ0v) is 17.7. The molecule has 0 aromatic carbocycles. The van der Waals surface area contributed by atoms with Crippen molar-refractivity contribution < 1.29 is 4.79 Å². The summed E-state index contributed by atoms with van der Waals surface area (Å²) in [5.41, 5.74) is 4.24. The summed E-state index contributed by atoms with van der Waals surface area (Å²) in [4.78, 5) is 17.6. The molecule has 0 radical (unpaired) electrons. The van der Waals surface area contributed by atoms with Crippen LogP contribution in [0.15, 0.2) is 36.4 Å². The van der Waals surface area contributed by atoms with Crippen LogP contribution in [-0.2, 0) is 6.42 Å². The SMILES string of the molecule is CC1(NC(=O)c2cnn3cccnc23)Cc2cn(C3CCNCC3)nc2C=C1C1CC1. The summed E-state index contributed by atoms with van der Waals surface area (Å²) in [6.45, 7) is 4.23. The fraction of sp³-hybridized carbons (Fsp3) is 0.478. The highest BCUT2D eigenvalue weighted by molar-refractivity contribution is 6.00. The second kappa shape index (κ2) is 7.02. The van der Waals surface area contributed by atoms with Crippen LogP contribution in [0.3, 0.4) is 0 Å². The third kappa shape index (κ3) is 3.26. The maximum atomic E-state index is 13.3. The highest BCUT2D eigenvalue weighted by atomic mass is 16.1. The second-order valence-corrected chi connectivity index (χ2v) is 9.28. The number of piperidine rings is 1. The van der Waals surface area contributed by atoms with Gasteiger partial charge in [-0.25, -0.2) is 9.50 Å². The largest absolute Gasteiger partial charge is 0.343 e. The summed E-state index contributed by atoms with van der Waals surface area (Å²) in [7, 11) is 0. The van der Waals surface area contributed by atoms with Gasteiger partial charge in [-0.3, -0.25) is 9.48 Å². The van der Waals surface area contributed by atoms with Crippen LogP contribution in [0, 0.1) is 5.92 Å². The van der Waals surface area contributed by atoms with Gasteiger partial charge in [0.05, 0.1) is 23.5 Å². The van der Waals surface area contributed by atoms with Gasteiger partial charge in [-0.1, -0.05) is 0 Å². The third-order valence-electron chi connectivity index (χ3n) is 6.93. The molecule has 31 heavy (non-hydrogen) atoms. The summed E-state index contributed by atoms with van der Waals surface area (Å²) in [5.74, 6) is 0.404. The van der Waals surface area contributed by atoms with Gasteiger partial charge in [-0.2, -0.15) is 10.2 Å². The van der Waals surface area contributed by atoms with Gasteiger partial charge in [0.25, 0.3) is 5.91 Å². The first-order valence-corrected chi connectivity index (χ1v) is 11.2. The molecule has 3 aromatic heterocycles. The summed E-state index contributed by atoms with van der Waals surface area (Å²) < 4.78 is 3.80. The van der Waals surface area contributed by atoms with Crippen LogP contribution in [0.1, 0.15) is 60.3 Å². The average molecular weight is 418 g/mol. The molecule has 3 aliphatic rings. The Morgan fingerprint density at radius 2 is 2.10 bits per heavy atom. The van der Waals surface area contributed by atoms with Crippen molar-refractivity contribution in [3.05, 3.63) is 53.2 Å². The van der Waals surface area contributed by atoms with Gasteiger partial charge in [0, 0.05) is 30.6 Å². The molecule has 2 aliphatic carbocycles. The van der Waals surface area contributed by atoms with Gasteiger partial charge in [0.15, 0.2) is 5.65 Å². The first-order valence-electron chi connectivity index (χ1n) is 11.2. The fourth-order valence-electron chi connectivity index (χ4n) is 5.13. The number of hydrogen-bond donors (Lipinski definition) is 2. The second-order valence-electron chi connectivity index (χ2n) is 9.28. The Morgan fingerprint density at radius 3 is 2.90 bits per heavy atom. The summed E-state index contributed by atoms with van der Waals surface area (Å²) in [6.07, 6.45) is 14.9. The molecular weight excluding hydrogens is 390 g/mol. The summed E-state index contributed by atoms with van der Waals surface area (Å²) in [6, 6.07) is 2.26. The van der Waals surface area contributed by atoms with Gasteiger partial charge < -0.3 is 10.6 Å². The molecule has 4 heterocycles. The molecule has 1 atom stereocenters. The van der Waals surface area contributed by atoms with Crippen LogP contribution in [-0.4, -0.2) is 48.9 Å². The number of nitrogens with zero attached hydrogens (tertiary/aromatic N) is 5. The highest BCUT2D eigenvalue weighted by Crippen LogP contribution is 2.46. The van der Waals surface area contributed by atoms with E-state index in [1.807, 2.05) is 0 Å². The molecule has 1 saturated carbocycles. The molecule has 1 saturated heterocycles. The summed E-state index contributed by atoms with van der Waals surface area (Å²) >= 11 is 0. The van der Waals surface area contributed by atoms with Gasteiger partial charge in [-0.15, -0.1) is 0 Å².